The number of nitrogens with one attached hydrogen (secondary N) is 1. The number of alkyl halides is 4. The van der Waals surface area contributed by atoms with Gasteiger partial charge in [-0.2, -0.15) is 13.2 Å². The molecule has 1 saturated carbocycles. The molecular formula is C39H47F4N4O6PS. The number of halogens is 4. The summed E-state index contributed by atoms with van der Waals surface area (Å²) in [7, 11) is -5.05. The predicted molar refractivity (Wildman–Crippen MR) is 200 cm³/mol. The number of nitrogens with zero attached hydrogens (tertiary/aromatic N) is 3. The van der Waals surface area contributed by atoms with Gasteiger partial charge < -0.3 is 29.8 Å². The summed E-state index contributed by atoms with van der Waals surface area (Å²) < 4.78 is 65.9. The molecule has 298 valence electrons. The van der Waals surface area contributed by atoms with Crippen molar-refractivity contribution in [3.8, 4) is 0 Å². The van der Waals surface area contributed by atoms with E-state index < -0.39 is 44.1 Å². The van der Waals surface area contributed by atoms with Crippen LogP contribution in [-0.2, 0) is 14.2 Å². The minimum atomic E-state index is -5.05. The average molecular weight is 807 g/mol. The Morgan fingerprint density at radius 3 is 2.49 bits per heavy atom. The van der Waals surface area contributed by atoms with Crippen molar-refractivity contribution in [1.82, 2.24) is 20.0 Å². The van der Waals surface area contributed by atoms with Crippen LogP contribution < -0.4 is 5.32 Å². The highest BCUT2D eigenvalue weighted by molar-refractivity contribution is 7.51. The van der Waals surface area contributed by atoms with Gasteiger partial charge in [-0.15, -0.1) is 11.3 Å². The predicted octanol–water partition coefficient (Wildman–Crippen LogP) is 7.27. The molecule has 1 spiro atoms. The maximum absolute atomic E-state index is 14.6. The van der Waals surface area contributed by atoms with E-state index >= 15 is 0 Å². The summed E-state index contributed by atoms with van der Waals surface area (Å²) in [4.78, 5) is 67.7. The Morgan fingerprint density at radius 1 is 1.07 bits per heavy atom. The molecular weight excluding hydrogens is 759 g/mol. The molecule has 2 aromatic carbocycles. The Labute approximate surface area is 321 Å². The number of benzene rings is 2. The molecule has 7 rings (SSSR count). The van der Waals surface area contributed by atoms with E-state index in [0.29, 0.717) is 48.9 Å². The molecule has 4 heterocycles. The van der Waals surface area contributed by atoms with Crippen molar-refractivity contribution >= 4 is 46.7 Å². The topological polar surface area (TPSA) is 130 Å². The number of amides is 3. The highest BCUT2D eigenvalue weighted by Crippen LogP contribution is 2.55. The second-order valence-electron chi connectivity index (χ2n) is 15.7. The van der Waals surface area contributed by atoms with E-state index in [1.54, 1.807) is 4.90 Å². The first-order chi connectivity index (χ1) is 26.1. The van der Waals surface area contributed by atoms with Crippen LogP contribution in [0.3, 0.4) is 0 Å². The SMILES string of the molecule is CCN(CCCC(F)(F)F)[C@H]1CC[C@H](NC(=O)c2cc3cc([C@H](F)P(=O)(O)O)ccc3s2)C(=O)N2[C@H](CC[C@H]2C(=O)N2C[C@H](c3ccccc3)CC23CC3)C1. The van der Waals surface area contributed by atoms with Crippen LogP contribution in [0.1, 0.15) is 104 Å². The molecule has 1 aromatic heterocycles. The van der Waals surface area contributed by atoms with Gasteiger partial charge in [-0.3, -0.25) is 18.9 Å². The van der Waals surface area contributed by atoms with Crippen molar-refractivity contribution in [2.24, 2.45) is 0 Å². The Kier molecular flexibility index (Phi) is 11.3. The van der Waals surface area contributed by atoms with Gasteiger partial charge in [-0.05, 0) is 106 Å². The first-order valence-corrected chi connectivity index (χ1v) is 21.6. The van der Waals surface area contributed by atoms with Crippen molar-refractivity contribution in [1.29, 1.82) is 0 Å². The molecule has 3 saturated heterocycles. The average Bonchev–Trinajstić information content (AvgIpc) is 3.44. The number of carbonyl (C=O) groups is 3. The van der Waals surface area contributed by atoms with Crippen LogP contribution >= 0.6 is 18.9 Å². The van der Waals surface area contributed by atoms with Gasteiger partial charge >= 0.3 is 13.8 Å². The van der Waals surface area contributed by atoms with Crippen molar-refractivity contribution < 1.29 is 46.3 Å². The Hall–Kier alpha value is -3.36. The lowest BCUT2D eigenvalue weighted by molar-refractivity contribution is -0.148. The Morgan fingerprint density at radius 2 is 1.82 bits per heavy atom. The van der Waals surface area contributed by atoms with Crippen LogP contribution in [0.2, 0.25) is 0 Å². The number of likely N-dealkylation sites (tertiary alicyclic amines) is 1. The van der Waals surface area contributed by atoms with E-state index in [0.717, 1.165) is 30.6 Å². The molecule has 3 N–H and O–H groups in total. The largest absolute Gasteiger partial charge is 0.389 e. The summed E-state index contributed by atoms with van der Waals surface area (Å²) in [5.41, 5.74) is 0.721. The van der Waals surface area contributed by atoms with Crippen LogP contribution in [0.15, 0.2) is 54.6 Å². The summed E-state index contributed by atoms with van der Waals surface area (Å²) in [6.07, 6.45) is -0.391. The highest BCUT2D eigenvalue weighted by Gasteiger charge is 2.58. The van der Waals surface area contributed by atoms with E-state index in [4.69, 9.17) is 0 Å². The van der Waals surface area contributed by atoms with Crippen LogP contribution in [0.25, 0.3) is 10.1 Å². The lowest BCUT2D eigenvalue weighted by atomic mass is 9.93. The molecule has 0 bridgehead atoms. The van der Waals surface area contributed by atoms with Gasteiger partial charge in [0.25, 0.3) is 5.91 Å². The summed E-state index contributed by atoms with van der Waals surface area (Å²) >= 11 is 1.08. The number of hydrogen-bond donors (Lipinski definition) is 3. The van der Waals surface area contributed by atoms with E-state index in [9.17, 15) is 46.3 Å². The number of fused-ring (bicyclic) bond motifs is 2. The first-order valence-electron chi connectivity index (χ1n) is 19.1. The van der Waals surface area contributed by atoms with Crippen LogP contribution in [-0.4, -0.2) is 97.7 Å². The molecule has 6 atom stereocenters. The fourth-order valence-electron chi connectivity index (χ4n) is 9.20. The van der Waals surface area contributed by atoms with Crippen LogP contribution in [0, 0.1) is 0 Å². The number of hydrogen-bond acceptors (Lipinski definition) is 6. The minimum absolute atomic E-state index is 0.0625. The molecule has 10 nitrogen and oxygen atoms in total. The highest BCUT2D eigenvalue weighted by atomic mass is 32.1. The molecule has 1 aliphatic carbocycles. The lowest BCUT2D eigenvalue weighted by Gasteiger charge is -2.41. The summed E-state index contributed by atoms with van der Waals surface area (Å²) in [6, 6.07) is 13.4. The number of thiophene rings is 1. The standard InChI is InChI=1S/C39H47F4N4O6PS/c1-2-45(18-6-15-39(41,42)43)28-10-12-30(44-35(48)33-20-26-19-25(9-14-32(26)55-33)34(40)54(51,52)53)36(49)47-29(21-28)11-13-31(47)37(50)46-23-27(22-38(46)16-17-38)24-7-4-3-5-8-24/h3-5,7-9,14,19-20,27-31,34H,2,6,10-13,15-18,21-23H2,1H3,(H,44,48)(H2,51,52,53)/t27-,28+,29-,30+,31+,34-/m1/s1. The maximum Gasteiger partial charge on any atom is 0.389 e. The van der Waals surface area contributed by atoms with Gasteiger partial charge in [-0.25, -0.2) is 4.39 Å². The number of rotatable bonds is 11. The van der Waals surface area contributed by atoms with Crippen LogP contribution in [0.5, 0.6) is 0 Å². The molecule has 0 unspecified atom stereocenters. The molecule has 16 heteroatoms. The van der Waals surface area contributed by atoms with Gasteiger partial charge in [0.2, 0.25) is 17.7 Å². The molecule has 3 amide bonds. The molecule has 3 aromatic rings. The van der Waals surface area contributed by atoms with Gasteiger partial charge in [0.1, 0.15) is 12.1 Å². The zero-order valence-corrected chi connectivity index (χ0v) is 32.3. The van der Waals surface area contributed by atoms with Gasteiger partial charge in [0.05, 0.1) is 4.88 Å². The lowest BCUT2D eigenvalue weighted by Crippen LogP contribution is -2.59. The van der Waals surface area contributed by atoms with Crippen LogP contribution in [0.4, 0.5) is 17.6 Å². The van der Waals surface area contributed by atoms with Crippen molar-refractivity contribution in [2.45, 2.75) is 119 Å². The van der Waals surface area contributed by atoms with Gasteiger partial charge in [0, 0.05) is 41.2 Å². The molecule has 4 aliphatic rings. The monoisotopic (exact) mass is 806 g/mol. The fraction of sp³-hybridized carbons (Fsp3) is 0.564. The first kappa shape index (κ1) is 39.9. The van der Waals surface area contributed by atoms with E-state index in [1.807, 2.05) is 34.9 Å². The van der Waals surface area contributed by atoms with Crippen molar-refractivity contribution in [3.05, 3.63) is 70.6 Å². The zero-order valence-electron chi connectivity index (χ0n) is 30.6. The quantitative estimate of drug-likeness (QED) is 0.137. The Balaban J connectivity index is 1.14. The fourth-order valence-corrected chi connectivity index (χ4v) is 10.7. The van der Waals surface area contributed by atoms with E-state index in [1.165, 1.54) is 29.8 Å². The molecule has 0 radical (unpaired) electrons. The summed E-state index contributed by atoms with van der Waals surface area (Å²) in [5.74, 6) is -3.35. The van der Waals surface area contributed by atoms with Crippen molar-refractivity contribution in [3.63, 3.8) is 0 Å². The second kappa shape index (κ2) is 15.5. The third-order valence-electron chi connectivity index (χ3n) is 12.1. The maximum atomic E-state index is 14.6. The summed E-state index contributed by atoms with van der Waals surface area (Å²) in [5, 5.41) is 3.31. The smallest absolute Gasteiger partial charge is 0.340 e. The normalized spacial score (nSPS) is 26.0. The third kappa shape index (κ3) is 8.51. The number of carbonyl (C=O) groups excluding carboxylic acids is 3. The Bertz CT molecular complexity index is 1950. The molecule has 4 fully saturated rings. The van der Waals surface area contributed by atoms with Gasteiger partial charge in [-0.1, -0.05) is 43.3 Å². The van der Waals surface area contributed by atoms with E-state index in [2.05, 4.69) is 17.4 Å². The minimum Gasteiger partial charge on any atom is -0.340 e. The zero-order chi connectivity index (χ0) is 39.3. The van der Waals surface area contributed by atoms with Gasteiger partial charge in [0.15, 0.2) is 0 Å². The van der Waals surface area contributed by atoms with E-state index in [-0.39, 0.29) is 65.2 Å². The summed E-state index contributed by atoms with van der Waals surface area (Å²) in [6.45, 7) is 3.19. The molecule has 3 aliphatic heterocycles. The molecule has 55 heavy (non-hydrogen) atoms. The second-order valence-corrected chi connectivity index (χ2v) is 18.4. The third-order valence-corrected chi connectivity index (χ3v) is 14.1. The van der Waals surface area contributed by atoms with Crippen molar-refractivity contribution in [2.75, 3.05) is 19.6 Å².